The molecule has 0 heterocycles. The number of hydrogen-bond acceptors (Lipinski definition) is 8. The first-order chi connectivity index (χ1) is 8.95. The van der Waals surface area contributed by atoms with Gasteiger partial charge in [0.2, 0.25) is 11.5 Å². The van der Waals surface area contributed by atoms with E-state index in [9.17, 15) is 8.42 Å². The quantitative estimate of drug-likeness (QED) is 0.442. The van der Waals surface area contributed by atoms with Crippen LogP contribution in [0.4, 0.5) is 0 Å². The van der Waals surface area contributed by atoms with E-state index in [0.717, 1.165) is 13.2 Å². The van der Waals surface area contributed by atoms with Gasteiger partial charge < -0.3 is 14.7 Å². The molecule has 0 unspecified atom stereocenters. The van der Waals surface area contributed by atoms with Crippen molar-refractivity contribution in [2.75, 3.05) is 21.3 Å². The normalized spacial score (nSPS) is 11.2. The molecule has 10 heteroatoms. The molecule has 0 aliphatic rings. The molecule has 108 valence electrons. The molecule has 1 aromatic carbocycles. The molecule has 0 atom stereocenters. The molecule has 0 saturated heterocycles. The molecule has 0 spiro atoms. The van der Waals surface area contributed by atoms with E-state index in [4.69, 9.17) is 14.3 Å². The van der Waals surface area contributed by atoms with Gasteiger partial charge in [-0.2, -0.15) is 23.1 Å². The molecule has 0 aliphatic carbocycles. The van der Waals surface area contributed by atoms with E-state index in [-0.39, 0.29) is 11.5 Å². The van der Waals surface area contributed by atoms with Crippen LogP contribution in [0.1, 0.15) is 0 Å². The highest BCUT2D eigenvalue weighted by molar-refractivity contribution is 7.86. The first-order valence-electron chi connectivity index (χ1n) is 4.72. The van der Waals surface area contributed by atoms with Crippen LogP contribution in [0.3, 0.4) is 0 Å². The molecule has 0 bridgehead atoms. The Morgan fingerprint density at radius 1 is 0.895 bits per heavy atom. The van der Waals surface area contributed by atoms with E-state index in [0.29, 0.717) is 0 Å². The topological polar surface area (TPSA) is 110 Å². The first-order valence-corrected chi connectivity index (χ1v) is 6.16. The Morgan fingerprint density at radius 2 is 1.42 bits per heavy atom. The highest BCUT2D eigenvalue weighted by atomic mass is 32.2. The third-order valence-electron chi connectivity index (χ3n) is 1.82. The standard InChI is InChI=1S/C9H12O9S/c1-13-16-6-4-5-7(19(10,11)12)9(18-15-3)8(6)17-14-2/h4-5H,1-3H3,(H,10,11,12). The lowest BCUT2D eigenvalue weighted by Crippen LogP contribution is -2.07. The van der Waals surface area contributed by atoms with Gasteiger partial charge in [-0.1, -0.05) is 0 Å². The minimum Gasteiger partial charge on any atom is -0.334 e. The van der Waals surface area contributed by atoms with Crippen molar-refractivity contribution in [2.24, 2.45) is 0 Å². The zero-order valence-corrected chi connectivity index (χ0v) is 11.1. The van der Waals surface area contributed by atoms with E-state index in [1.54, 1.807) is 0 Å². The van der Waals surface area contributed by atoms with Gasteiger partial charge in [-0.3, -0.25) is 4.55 Å². The lowest BCUT2D eigenvalue weighted by Gasteiger charge is -2.13. The second kappa shape index (κ2) is 6.54. The minimum atomic E-state index is -4.57. The summed E-state index contributed by atoms with van der Waals surface area (Å²) in [5.74, 6) is -0.800. The van der Waals surface area contributed by atoms with E-state index in [2.05, 4.69) is 19.6 Å². The zero-order valence-electron chi connectivity index (χ0n) is 10.3. The highest BCUT2D eigenvalue weighted by Crippen LogP contribution is 2.42. The number of rotatable bonds is 7. The Balaban J connectivity index is 3.48. The maximum Gasteiger partial charge on any atom is 0.298 e. The van der Waals surface area contributed by atoms with Crippen LogP contribution in [0.2, 0.25) is 0 Å². The van der Waals surface area contributed by atoms with E-state index >= 15 is 0 Å². The zero-order chi connectivity index (χ0) is 14.5. The molecular formula is C9H12O9S. The molecule has 0 radical (unpaired) electrons. The lowest BCUT2D eigenvalue weighted by atomic mass is 10.3. The van der Waals surface area contributed by atoms with Crippen molar-refractivity contribution in [3.05, 3.63) is 12.1 Å². The Morgan fingerprint density at radius 3 is 1.89 bits per heavy atom. The summed E-state index contributed by atoms with van der Waals surface area (Å²) in [6.45, 7) is 0. The van der Waals surface area contributed by atoms with Gasteiger partial charge in [0.15, 0.2) is 0 Å². The van der Waals surface area contributed by atoms with Crippen molar-refractivity contribution in [3.63, 3.8) is 0 Å². The fraction of sp³-hybridized carbons (Fsp3) is 0.333. The molecule has 19 heavy (non-hydrogen) atoms. The fourth-order valence-electron chi connectivity index (χ4n) is 1.21. The Labute approximate surface area is 109 Å². The molecule has 1 rings (SSSR count). The van der Waals surface area contributed by atoms with E-state index < -0.39 is 20.8 Å². The van der Waals surface area contributed by atoms with Gasteiger partial charge >= 0.3 is 0 Å². The Hall–Kier alpha value is -1.59. The summed E-state index contributed by atoms with van der Waals surface area (Å²) in [6.07, 6.45) is 0. The van der Waals surface area contributed by atoms with Crippen molar-refractivity contribution < 1.29 is 42.3 Å². The van der Waals surface area contributed by atoms with Crippen molar-refractivity contribution in [3.8, 4) is 17.2 Å². The van der Waals surface area contributed by atoms with Crippen LogP contribution in [0, 0.1) is 0 Å². The largest absolute Gasteiger partial charge is 0.334 e. The summed E-state index contributed by atoms with van der Waals surface area (Å²) < 4.78 is 31.5. The molecular weight excluding hydrogens is 284 g/mol. The Kier molecular flexibility index (Phi) is 5.32. The van der Waals surface area contributed by atoms with Crippen LogP contribution >= 0.6 is 0 Å². The van der Waals surface area contributed by atoms with E-state index in [1.807, 2.05) is 0 Å². The average molecular weight is 296 g/mol. The minimum absolute atomic E-state index is 0.0520. The van der Waals surface area contributed by atoms with Crippen molar-refractivity contribution in [2.45, 2.75) is 4.90 Å². The highest BCUT2D eigenvalue weighted by Gasteiger charge is 2.27. The average Bonchev–Trinajstić information content (AvgIpc) is 2.32. The third-order valence-corrected chi connectivity index (χ3v) is 2.70. The van der Waals surface area contributed by atoms with Crippen molar-refractivity contribution >= 4 is 10.1 Å². The second-order valence-corrected chi connectivity index (χ2v) is 4.34. The summed E-state index contributed by atoms with van der Waals surface area (Å²) in [6, 6.07) is 2.18. The Bertz CT molecular complexity index is 525. The van der Waals surface area contributed by atoms with Crippen LogP contribution in [-0.4, -0.2) is 34.3 Å². The smallest absolute Gasteiger partial charge is 0.298 e. The third kappa shape index (κ3) is 3.68. The fourth-order valence-corrected chi connectivity index (χ4v) is 1.81. The maximum absolute atomic E-state index is 11.2. The van der Waals surface area contributed by atoms with Gasteiger partial charge in [0, 0.05) is 0 Å². The summed E-state index contributed by atoms with van der Waals surface area (Å²) in [5, 5.41) is 0. The molecule has 0 amide bonds. The summed E-state index contributed by atoms with van der Waals surface area (Å²) >= 11 is 0. The molecule has 0 aromatic heterocycles. The van der Waals surface area contributed by atoms with Gasteiger partial charge in [-0.25, -0.2) is 0 Å². The van der Waals surface area contributed by atoms with Gasteiger partial charge in [-0.05, 0) is 12.1 Å². The van der Waals surface area contributed by atoms with E-state index in [1.165, 1.54) is 20.3 Å². The summed E-state index contributed by atoms with van der Waals surface area (Å²) in [4.78, 5) is 26.7. The van der Waals surface area contributed by atoms with Crippen LogP contribution in [0.25, 0.3) is 0 Å². The van der Waals surface area contributed by atoms with Gasteiger partial charge in [0.1, 0.15) is 4.90 Å². The van der Waals surface area contributed by atoms with Crippen LogP contribution < -0.4 is 14.7 Å². The van der Waals surface area contributed by atoms with Gasteiger partial charge in [-0.15, -0.1) is 0 Å². The SMILES string of the molecule is COOc1ccc(S(=O)(=O)O)c(OOC)c1OOC. The summed E-state index contributed by atoms with van der Waals surface area (Å²) in [5.41, 5.74) is 0. The first kappa shape index (κ1) is 15.5. The molecule has 0 saturated carbocycles. The van der Waals surface area contributed by atoms with Crippen LogP contribution in [0.5, 0.6) is 17.2 Å². The molecule has 1 N–H and O–H groups in total. The predicted octanol–water partition coefficient (Wildman–Crippen LogP) is 0.754. The molecule has 1 aromatic rings. The molecule has 0 aliphatic heterocycles. The van der Waals surface area contributed by atoms with Crippen LogP contribution in [-0.2, 0) is 24.8 Å². The maximum atomic E-state index is 11.2. The molecule has 9 nitrogen and oxygen atoms in total. The molecule has 0 fully saturated rings. The number of benzene rings is 1. The predicted molar refractivity (Wildman–Crippen MR) is 59.2 cm³/mol. The lowest BCUT2D eigenvalue weighted by molar-refractivity contribution is -0.215. The monoisotopic (exact) mass is 296 g/mol. The van der Waals surface area contributed by atoms with Crippen molar-refractivity contribution in [1.82, 2.24) is 0 Å². The van der Waals surface area contributed by atoms with Crippen LogP contribution in [0.15, 0.2) is 17.0 Å². The second-order valence-electron chi connectivity index (χ2n) is 2.95. The van der Waals surface area contributed by atoms with Crippen molar-refractivity contribution in [1.29, 1.82) is 0 Å². The van der Waals surface area contributed by atoms with Gasteiger partial charge in [0.05, 0.1) is 21.3 Å². The van der Waals surface area contributed by atoms with Gasteiger partial charge in [0.25, 0.3) is 15.9 Å². The summed E-state index contributed by atoms with van der Waals surface area (Å²) in [7, 11) is -1.03. The number of hydrogen-bond donors (Lipinski definition) is 1.